The first-order valence-corrected chi connectivity index (χ1v) is 19.2. The second kappa shape index (κ2) is 18.9. The maximum atomic E-state index is 5.00. The molecule has 0 atom stereocenters. The average molecular weight is 732 g/mol. The molecule has 270 valence electrons. The van der Waals surface area contributed by atoms with Crippen molar-refractivity contribution in [3.8, 4) is 11.1 Å². The van der Waals surface area contributed by atoms with Crippen molar-refractivity contribution in [3.05, 3.63) is 241 Å². The number of thiophene rings is 1. The van der Waals surface area contributed by atoms with Gasteiger partial charge in [-0.15, -0.1) is 11.3 Å². The van der Waals surface area contributed by atoms with Crippen LogP contribution < -0.4 is 4.90 Å². The van der Waals surface area contributed by atoms with Crippen LogP contribution in [-0.4, -0.2) is 0 Å². The molecule has 6 aromatic carbocycles. The molecule has 0 bridgehead atoms. The van der Waals surface area contributed by atoms with Crippen LogP contribution in [0.1, 0.15) is 22.3 Å². The molecule has 1 aromatic heterocycles. The number of anilines is 1. The van der Waals surface area contributed by atoms with Gasteiger partial charge in [-0.3, -0.25) is 0 Å². The Morgan fingerprint density at radius 3 is 1.96 bits per heavy atom. The second-order valence-electron chi connectivity index (χ2n) is 13.2. The molecule has 0 saturated carbocycles. The molecule has 0 amide bonds. The Hall–Kier alpha value is -6.62. The summed E-state index contributed by atoms with van der Waals surface area (Å²) in [6.45, 7) is 10.5. The molecule has 0 spiro atoms. The topological polar surface area (TPSA) is 50.9 Å². The van der Waals surface area contributed by atoms with Gasteiger partial charge in [0.2, 0.25) is 0 Å². The van der Waals surface area contributed by atoms with Crippen molar-refractivity contribution < 1.29 is 0 Å². The van der Waals surface area contributed by atoms with Crippen LogP contribution >= 0.6 is 11.3 Å². The van der Waals surface area contributed by atoms with Gasteiger partial charge in [0.15, 0.2) is 0 Å². The van der Waals surface area contributed by atoms with E-state index < -0.39 is 0 Å². The second-order valence-corrected chi connectivity index (χ2v) is 14.3. The first kappa shape index (κ1) is 38.1. The molecule has 7 aromatic rings. The Kier molecular flexibility index (Phi) is 13.1. The lowest BCUT2D eigenvalue weighted by atomic mass is 9.99. The van der Waals surface area contributed by atoms with E-state index in [1.807, 2.05) is 29.6 Å². The largest absolute Gasteiger partial charge is 0.323 e. The summed E-state index contributed by atoms with van der Waals surface area (Å²) in [5.74, 6) is 0. The van der Waals surface area contributed by atoms with Crippen LogP contribution in [0.4, 0.5) is 5.69 Å². The van der Waals surface area contributed by atoms with Gasteiger partial charge >= 0.3 is 0 Å². The summed E-state index contributed by atoms with van der Waals surface area (Å²) in [7, 11) is 0. The predicted molar refractivity (Wildman–Crippen MR) is 238 cm³/mol. The number of hydrogen-bond donors (Lipinski definition) is 2. The molecule has 2 heterocycles. The summed E-state index contributed by atoms with van der Waals surface area (Å²) in [4.78, 5) is 2.17. The van der Waals surface area contributed by atoms with Crippen LogP contribution in [-0.2, 0) is 12.8 Å². The lowest BCUT2D eigenvalue weighted by Crippen LogP contribution is -2.08. The molecule has 0 fully saturated rings. The summed E-state index contributed by atoms with van der Waals surface area (Å²) in [6.07, 6.45) is 16.7. The Bertz CT molecular complexity index is 2500. The van der Waals surface area contributed by atoms with Crippen LogP contribution in [0.15, 0.2) is 219 Å². The van der Waals surface area contributed by atoms with Crippen molar-refractivity contribution >= 4 is 42.8 Å². The fourth-order valence-electron chi connectivity index (χ4n) is 6.44. The van der Waals surface area contributed by atoms with Crippen LogP contribution in [0.2, 0.25) is 0 Å². The Balaban J connectivity index is 0.000000200. The van der Waals surface area contributed by atoms with Crippen molar-refractivity contribution in [1.29, 1.82) is 11.1 Å². The van der Waals surface area contributed by atoms with E-state index in [-0.39, 0.29) is 0 Å². The van der Waals surface area contributed by atoms with Crippen LogP contribution in [0.25, 0.3) is 36.9 Å². The van der Waals surface area contributed by atoms with E-state index >= 15 is 0 Å². The van der Waals surface area contributed by atoms with Gasteiger partial charge in [0, 0.05) is 43.8 Å². The minimum absolute atomic E-state index is 0.901. The highest BCUT2D eigenvalue weighted by molar-refractivity contribution is 7.26. The number of hydrogen-bond acceptors (Lipinski definition) is 4. The molecule has 0 unspecified atom stereocenters. The third-order valence-electron chi connectivity index (χ3n) is 9.44. The number of benzene rings is 6. The van der Waals surface area contributed by atoms with Crippen LogP contribution in [0.3, 0.4) is 0 Å². The molecule has 0 radical (unpaired) electrons. The summed E-state index contributed by atoms with van der Waals surface area (Å²) in [5.41, 5.74) is 21.9. The third-order valence-corrected chi connectivity index (χ3v) is 10.7. The van der Waals surface area contributed by atoms with Crippen molar-refractivity contribution in [2.24, 2.45) is 0 Å². The minimum atomic E-state index is 0.901. The number of allylic oxidation sites excluding steroid dienone is 8. The fourth-order valence-corrected chi connectivity index (χ4v) is 7.67. The highest BCUT2D eigenvalue weighted by atomic mass is 32.1. The van der Waals surface area contributed by atoms with Gasteiger partial charge in [0.05, 0.1) is 0 Å². The summed E-state index contributed by atoms with van der Waals surface area (Å²) < 4.78 is 2.60. The molecule has 4 heteroatoms. The average Bonchev–Trinajstić information content (AvgIpc) is 3.62. The maximum Gasteiger partial charge on any atom is 0.0449 e. The van der Waals surface area contributed by atoms with Gasteiger partial charge in [-0.1, -0.05) is 176 Å². The number of nitrogens with one attached hydrogen (secondary N) is 2. The summed E-state index contributed by atoms with van der Waals surface area (Å²) >= 11 is 1.84. The smallest absolute Gasteiger partial charge is 0.0449 e. The molecule has 3 nitrogen and oxygen atoms in total. The van der Waals surface area contributed by atoms with E-state index in [4.69, 9.17) is 11.1 Å². The number of fused-ring (bicyclic) bond motifs is 3. The Morgan fingerprint density at radius 1 is 0.564 bits per heavy atom. The van der Waals surface area contributed by atoms with Crippen molar-refractivity contribution in [3.63, 3.8) is 0 Å². The Morgan fingerprint density at radius 2 is 1.18 bits per heavy atom. The van der Waals surface area contributed by atoms with Crippen molar-refractivity contribution in [2.45, 2.75) is 19.8 Å². The fraction of sp³-hybridized carbons (Fsp3) is 0.0588. The zero-order chi connectivity index (χ0) is 38.4. The standard InChI is InChI=1S/C31H25NS.C20H18.H2N2/c1-22-14-18-26(19-15-22)32-20-7-6-9-23(2)24(3)16-17-25(21-32)27-11-8-12-29-28-10-4-5-13-30(28)33-31(27)29;1-3-8-17(9-4-1)14-15-18-10-7-13-20(16-18)19-11-5-2-6-12-19;1-2/h4-21H,2-3H2,1H3;1-13,16H,14-15H2;1-2H/b9-6-,17-16-,20-7-,25-21+;;. The molecular weight excluding hydrogens is 687 g/mol. The van der Waals surface area contributed by atoms with Gasteiger partial charge in [-0.2, -0.15) is 0 Å². The van der Waals surface area contributed by atoms with Gasteiger partial charge in [0.25, 0.3) is 0 Å². The molecule has 2 N–H and O–H groups in total. The number of aryl methyl sites for hydroxylation is 3. The van der Waals surface area contributed by atoms with Crippen molar-refractivity contribution in [1.82, 2.24) is 0 Å². The highest BCUT2D eigenvalue weighted by Crippen LogP contribution is 2.39. The normalized spacial score (nSPS) is 15.4. The third kappa shape index (κ3) is 9.88. The molecule has 8 rings (SSSR count). The van der Waals surface area contributed by atoms with Crippen LogP contribution in [0.5, 0.6) is 0 Å². The minimum Gasteiger partial charge on any atom is -0.323 e. The predicted octanol–water partition coefficient (Wildman–Crippen LogP) is 14.7. The van der Waals surface area contributed by atoms with E-state index in [1.165, 1.54) is 53.6 Å². The van der Waals surface area contributed by atoms with E-state index in [1.54, 1.807) is 0 Å². The molecule has 0 aliphatic carbocycles. The molecule has 1 aliphatic rings. The van der Waals surface area contributed by atoms with E-state index in [2.05, 4.69) is 201 Å². The lowest BCUT2D eigenvalue weighted by Gasteiger charge is -2.18. The first-order chi connectivity index (χ1) is 27.0. The Labute approximate surface area is 329 Å². The lowest BCUT2D eigenvalue weighted by molar-refractivity contribution is 0.961. The summed E-state index contributed by atoms with van der Waals surface area (Å²) in [6, 6.07) is 53.9. The monoisotopic (exact) mass is 731 g/mol. The van der Waals surface area contributed by atoms with E-state index in [9.17, 15) is 0 Å². The van der Waals surface area contributed by atoms with E-state index in [0.29, 0.717) is 0 Å². The van der Waals surface area contributed by atoms with Gasteiger partial charge in [-0.25, -0.2) is 11.1 Å². The van der Waals surface area contributed by atoms with Gasteiger partial charge in [0.1, 0.15) is 0 Å². The summed E-state index contributed by atoms with van der Waals surface area (Å²) in [5, 5.41) is 2.59. The molecule has 1 aliphatic heterocycles. The zero-order valence-corrected chi connectivity index (χ0v) is 32.0. The van der Waals surface area contributed by atoms with Crippen LogP contribution in [0, 0.1) is 18.0 Å². The SMILES string of the molecule is C=C1/C=C\C=C/N(c2ccc(C)cc2)/C=C(c2cccc3c2sc2ccccc23)\C=C/C1=C.N=N.c1ccc(CCc2cccc(-c3ccccc3)c2)cc1. The zero-order valence-electron chi connectivity index (χ0n) is 31.2. The van der Waals surface area contributed by atoms with E-state index in [0.717, 1.165) is 35.2 Å². The van der Waals surface area contributed by atoms with Gasteiger partial charge < -0.3 is 4.90 Å². The number of rotatable bonds is 6. The quantitative estimate of drug-likeness (QED) is 0.164. The molecular formula is C51H45N3S. The molecule has 55 heavy (non-hydrogen) atoms. The number of nitrogens with zero attached hydrogens (tertiary/aromatic N) is 1. The molecule has 0 saturated heterocycles. The van der Waals surface area contributed by atoms with Crippen molar-refractivity contribution in [2.75, 3.05) is 4.90 Å². The maximum absolute atomic E-state index is 5.00. The van der Waals surface area contributed by atoms with Gasteiger partial charge in [-0.05, 0) is 83.0 Å². The first-order valence-electron chi connectivity index (χ1n) is 18.3. The highest BCUT2D eigenvalue weighted by Gasteiger charge is 2.12.